The molecular weight excluding hydrogens is 289 g/mol. The predicted molar refractivity (Wildman–Crippen MR) is 84.2 cm³/mol. The van der Waals surface area contributed by atoms with Crippen molar-refractivity contribution in [1.82, 2.24) is 10.3 Å². The van der Waals surface area contributed by atoms with Gasteiger partial charge in [-0.25, -0.2) is 9.37 Å². The lowest BCUT2D eigenvalue weighted by atomic mass is 10.1. The van der Waals surface area contributed by atoms with Crippen LogP contribution in [-0.4, -0.2) is 30.7 Å². The second-order valence-electron chi connectivity index (χ2n) is 5.07. The van der Waals surface area contributed by atoms with Crippen molar-refractivity contribution in [3.8, 4) is 0 Å². The van der Waals surface area contributed by atoms with Crippen LogP contribution in [0.1, 0.15) is 22.2 Å². The number of anilines is 1. The highest BCUT2D eigenvalue weighted by molar-refractivity contribution is 7.15. The Balaban J connectivity index is 1.91. The van der Waals surface area contributed by atoms with Crippen molar-refractivity contribution < 1.29 is 9.50 Å². The third-order valence-electron chi connectivity index (χ3n) is 3.15. The van der Waals surface area contributed by atoms with Gasteiger partial charge in [-0.2, -0.15) is 0 Å². The van der Waals surface area contributed by atoms with E-state index in [0.29, 0.717) is 18.7 Å². The van der Waals surface area contributed by atoms with Crippen molar-refractivity contribution in [2.24, 2.45) is 0 Å². The van der Waals surface area contributed by atoms with Crippen LogP contribution >= 0.6 is 11.3 Å². The molecule has 1 unspecified atom stereocenters. The lowest BCUT2D eigenvalue weighted by molar-refractivity contribution is 0.170. The summed E-state index contributed by atoms with van der Waals surface area (Å²) in [6.45, 7) is 2.88. The van der Waals surface area contributed by atoms with E-state index >= 15 is 0 Å². The van der Waals surface area contributed by atoms with Gasteiger partial charge in [0.05, 0.1) is 11.8 Å². The van der Waals surface area contributed by atoms with Crippen LogP contribution in [0.25, 0.3) is 0 Å². The molecule has 2 rings (SSSR count). The summed E-state index contributed by atoms with van der Waals surface area (Å²) in [4.78, 5) is 7.55. The van der Waals surface area contributed by atoms with Crippen molar-refractivity contribution in [2.45, 2.75) is 19.6 Å². The minimum atomic E-state index is -0.854. The second-order valence-corrected chi connectivity index (χ2v) is 6.13. The molecule has 0 saturated heterocycles. The number of benzene rings is 1. The van der Waals surface area contributed by atoms with E-state index in [4.69, 9.17) is 0 Å². The number of hydrogen-bond donors (Lipinski definition) is 2. The SMILES string of the molecule is Cc1nc(N(C)C)sc1CNCC(O)c1ccccc1F. The molecule has 0 aliphatic rings. The Hall–Kier alpha value is -1.50. The molecule has 0 saturated carbocycles. The molecule has 114 valence electrons. The standard InChI is InChI=1S/C15H20FN3OS/c1-10-14(21-15(18-10)19(2)3)9-17-8-13(20)11-6-4-5-7-12(11)16/h4-7,13,17,20H,8-9H2,1-3H3. The molecule has 1 atom stereocenters. The van der Waals surface area contributed by atoms with Crippen LogP contribution in [0.4, 0.5) is 9.52 Å². The van der Waals surface area contributed by atoms with Gasteiger partial charge in [0.1, 0.15) is 5.82 Å². The molecule has 2 N–H and O–H groups in total. The molecule has 0 fully saturated rings. The molecule has 0 aliphatic carbocycles. The predicted octanol–water partition coefficient (Wildman–Crippen LogP) is 2.48. The third-order valence-corrected chi connectivity index (χ3v) is 4.48. The monoisotopic (exact) mass is 309 g/mol. The second kappa shape index (κ2) is 6.98. The van der Waals surface area contributed by atoms with E-state index in [-0.39, 0.29) is 5.82 Å². The highest BCUT2D eigenvalue weighted by Gasteiger charge is 2.13. The van der Waals surface area contributed by atoms with Crippen molar-refractivity contribution in [1.29, 1.82) is 0 Å². The van der Waals surface area contributed by atoms with E-state index in [1.807, 2.05) is 25.9 Å². The number of hydrogen-bond acceptors (Lipinski definition) is 5. The first kappa shape index (κ1) is 15.9. The molecule has 0 radical (unpaired) electrons. The van der Waals surface area contributed by atoms with Crippen LogP contribution in [0, 0.1) is 12.7 Å². The molecule has 0 aliphatic heterocycles. The molecule has 0 amide bonds. The Morgan fingerprint density at radius 1 is 1.38 bits per heavy atom. The molecule has 4 nitrogen and oxygen atoms in total. The summed E-state index contributed by atoms with van der Waals surface area (Å²) in [5.74, 6) is -0.379. The van der Waals surface area contributed by atoms with Crippen LogP contribution in [0.2, 0.25) is 0 Å². The molecule has 21 heavy (non-hydrogen) atoms. The van der Waals surface area contributed by atoms with E-state index in [9.17, 15) is 9.50 Å². The Bertz CT molecular complexity index is 600. The maximum Gasteiger partial charge on any atom is 0.185 e. The summed E-state index contributed by atoms with van der Waals surface area (Å²) < 4.78 is 13.5. The normalized spacial score (nSPS) is 12.4. The third kappa shape index (κ3) is 4.00. The average Bonchev–Trinajstić information content (AvgIpc) is 2.81. The summed E-state index contributed by atoms with van der Waals surface area (Å²) in [6.07, 6.45) is -0.854. The zero-order valence-corrected chi connectivity index (χ0v) is 13.2. The Kier molecular flexibility index (Phi) is 5.27. The van der Waals surface area contributed by atoms with Gasteiger partial charge < -0.3 is 15.3 Å². The van der Waals surface area contributed by atoms with Crippen molar-refractivity contribution in [3.05, 3.63) is 46.2 Å². The van der Waals surface area contributed by atoms with Gasteiger partial charge in [0.2, 0.25) is 0 Å². The molecule has 1 aromatic heterocycles. The van der Waals surface area contributed by atoms with Gasteiger partial charge in [0.15, 0.2) is 5.13 Å². The van der Waals surface area contributed by atoms with E-state index in [2.05, 4.69) is 10.3 Å². The number of thiazole rings is 1. The number of aliphatic hydroxyl groups is 1. The highest BCUT2D eigenvalue weighted by Crippen LogP contribution is 2.24. The van der Waals surface area contributed by atoms with Crippen molar-refractivity contribution in [2.75, 3.05) is 25.5 Å². The Morgan fingerprint density at radius 2 is 2.10 bits per heavy atom. The molecule has 6 heteroatoms. The van der Waals surface area contributed by atoms with Gasteiger partial charge in [-0.3, -0.25) is 0 Å². The van der Waals surface area contributed by atoms with Crippen LogP contribution in [-0.2, 0) is 6.54 Å². The minimum Gasteiger partial charge on any atom is -0.387 e. The number of aliphatic hydroxyl groups excluding tert-OH is 1. The van der Waals surface area contributed by atoms with Crippen LogP contribution in [0.3, 0.4) is 0 Å². The van der Waals surface area contributed by atoms with E-state index in [1.54, 1.807) is 29.5 Å². The van der Waals surface area contributed by atoms with Crippen LogP contribution in [0.5, 0.6) is 0 Å². The summed E-state index contributed by atoms with van der Waals surface area (Å²) in [5, 5.41) is 14.1. The summed E-state index contributed by atoms with van der Waals surface area (Å²) in [6, 6.07) is 6.29. The van der Waals surface area contributed by atoms with Crippen LogP contribution in [0.15, 0.2) is 24.3 Å². The number of nitrogens with zero attached hydrogens (tertiary/aromatic N) is 2. The fourth-order valence-electron chi connectivity index (χ4n) is 1.95. The minimum absolute atomic E-state index is 0.301. The van der Waals surface area contributed by atoms with Gasteiger partial charge in [0, 0.05) is 37.6 Å². The topological polar surface area (TPSA) is 48.4 Å². The van der Waals surface area contributed by atoms with Gasteiger partial charge in [-0.05, 0) is 13.0 Å². The van der Waals surface area contributed by atoms with Gasteiger partial charge in [-0.15, -0.1) is 11.3 Å². The number of nitrogens with one attached hydrogen (secondary N) is 1. The first-order valence-corrected chi connectivity index (χ1v) is 7.57. The van der Waals surface area contributed by atoms with Gasteiger partial charge >= 0.3 is 0 Å². The fourth-order valence-corrected chi connectivity index (χ4v) is 2.90. The maximum atomic E-state index is 13.5. The molecule has 1 heterocycles. The smallest absolute Gasteiger partial charge is 0.185 e. The maximum absolute atomic E-state index is 13.5. The summed E-state index contributed by atoms with van der Waals surface area (Å²) in [5.41, 5.74) is 1.30. The zero-order valence-electron chi connectivity index (χ0n) is 12.4. The number of halogens is 1. The van der Waals surface area contributed by atoms with Crippen molar-refractivity contribution >= 4 is 16.5 Å². The first-order chi connectivity index (χ1) is 9.99. The van der Waals surface area contributed by atoms with E-state index in [0.717, 1.165) is 15.7 Å². The lowest BCUT2D eigenvalue weighted by Gasteiger charge is -2.12. The summed E-state index contributed by atoms with van der Waals surface area (Å²) in [7, 11) is 3.91. The van der Waals surface area contributed by atoms with Gasteiger partial charge in [0.25, 0.3) is 0 Å². The average molecular weight is 309 g/mol. The number of aryl methyl sites for hydroxylation is 1. The number of aromatic nitrogens is 1. The highest BCUT2D eigenvalue weighted by atomic mass is 32.1. The summed E-state index contributed by atoms with van der Waals surface area (Å²) >= 11 is 1.61. The van der Waals surface area contributed by atoms with E-state index < -0.39 is 6.10 Å². The van der Waals surface area contributed by atoms with Crippen LogP contribution < -0.4 is 10.2 Å². The van der Waals surface area contributed by atoms with E-state index in [1.165, 1.54) is 6.07 Å². The zero-order chi connectivity index (χ0) is 15.4. The lowest BCUT2D eigenvalue weighted by Crippen LogP contribution is -2.21. The quantitative estimate of drug-likeness (QED) is 0.861. The number of rotatable bonds is 6. The molecule has 2 aromatic rings. The fraction of sp³-hybridized carbons (Fsp3) is 0.400. The Labute approximate surface area is 128 Å². The first-order valence-electron chi connectivity index (χ1n) is 6.76. The van der Waals surface area contributed by atoms with Gasteiger partial charge in [-0.1, -0.05) is 18.2 Å². The van der Waals surface area contributed by atoms with Crippen molar-refractivity contribution in [3.63, 3.8) is 0 Å². The molecule has 0 spiro atoms. The largest absolute Gasteiger partial charge is 0.387 e. The molecule has 1 aromatic carbocycles. The Morgan fingerprint density at radius 3 is 2.71 bits per heavy atom. The molecule has 0 bridgehead atoms. The molecular formula is C15H20FN3OS.